The molecule has 0 spiro atoms. The molecule has 1 amide bonds. The summed E-state index contributed by atoms with van der Waals surface area (Å²) in [5.74, 6) is -0.620. The number of oxazole rings is 1. The maximum atomic E-state index is 12.6. The third-order valence-electron chi connectivity index (χ3n) is 5.40. The number of hydrogen-bond donors (Lipinski definition) is 2. The van der Waals surface area contributed by atoms with Gasteiger partial charge < -0.3 is 19.6 Å². The zero-order chi connectivity index (χ0) is 17.7. The molecule has 24 heavy (non-hydrogen) atoms. The summed E-state index contributed by atoms with van der Waals surface area (Å²) in [4.78, 5) is 28.9. The summed E-state index contributed by atoms with van der Waals surface area (Å²) in [5.41, 5.74) is -1.60. The lowest BCUT2D eigenvalue weighted by molar-refractivity contribution is -0.190. The predicted octanol–water partition coefficient (Wildman–Crippen LogP) is 2.25. The molecule has 0 aliphatic heterocycles. The molecule has 2 N–H and O–H groups in total. The molecule has 2 atom stereocenters. The average Bonchev–Trinajstić information content (AvgIpc) is 3.28. The summed E-state index contributed by atoms with van der Waals surface area (Å²) in [6.07, 6.45) is 2.06. The molecule has 0 radical (unpaired) electrons. The van der Waals surface area contributed by atoms with Crippen LogP contribution in [0.1, 0.15) is 68.1 Å². The second kappa shape index (κ2) is 5.58. The van der Waals surface area contributed by atoms with Gasteiger partial charge in [0.05, 0.1) is 11.8 Å². The Kier molecular flexibility index (Phi) is 3.94. The van der Waals surface area contributed by atoms with Crippen molar-refractivity contribution in [2.45, 2.75) is 64.5 Å². The van der Waals surface area contributed by atoms with Crippen molar-refractivity contribution < 1.29 is 23.8 Å². The monoisotopic (exact) mass is 336 g/mol. The van der Waals surface area contributed by atoms with E-state index in [9.17, 15) is 14.7 Å². The van der Waals surface area contributed by atoms with Crippen molar-refractivity contribution in [3.8, 4) is 0 Å². The number of amides is 1. The number of rotatable bonds is 6. The molecule has 0 aromatic carbocycles. The number of carbonyl (C=O) groups excluding carboxylic acids is 1. The molecular weight excluding hydrogens is 312 g/mol. The fourth-order valence-corrected chi connectivity index (χ4v) is 3.42. The van der Waals surface area contributed by atoms with Crippen LogP contribution in [0.2, 0.25) is 0 Å². The average molecular weight is 336 g/mol. The van der Waals surface area contributed by atoms with Gasteiger partial charge in [0.2, 0.25) is 5.76 Å². The van der Waals surface area contributed by atoms with Crippen LogP contribution in [0.5, 0.6) is 0 Å². The van der Waals surface area contributed by atoms with Crippen LogP contribution in [0.15, 0.2) is 4.42 Å². The van der Waals surface area contributed by atoms with Gasteiger partial charge in [0.25, 0.3) is 5.91 Å². The van der Waals surface area contributed by atoms with E-state index < -0.39 is 22.8 Å². The minimum Gasteiger partial charge on any atom is -0.479 e. The molecule has 1 aromatic heterocycles. The number of nitrogens with zero attached hydrogens (tertiary/aromatic N) is 1. The van der Waals surface area contributed by atoms with Gasteiger partial charge in [-0.25, -0.2) is 9.78 Å². The van der Waals surface area contributed by atoms with E-state index in [1.807, 2.05) is 6.92 Å². The highest BCUT2D eigenvalue weighted by molar-refractivity contribution is 5.97. The maximum Gasteiger partial charge on any atom is 0.330 e. The minimum atomic E-state index is -1.37. The number of aromatic nitrogens is 1. The topological polar surface area (TPSA) is 102 Å². The Morgan fingerprint density at radius 3 is 2.58 bits per heavy atom. The third kappa shape index (κ3) is 2.42. The first kappa shape index (κ1) is 17.0. The number of carboxylic acid groups (broad SMARTS) is 1. The summed E-state index contributed by atoms with van der Waals surface area (Å²) in [6, 6.07) is 0. The van der Waals surface area contributed by atoms with Gasteiger partial charge in [-0.1, -0.05) is 13.8 Å². The van der Waals surface area contributed by atoms with Crippen molar-refractivity contribution in [2.75, 3.05) is 6.61 Å². The van der Waals surface area contributed by atoms with E-state index in [1.165, 1.54) is 0 Å². The Morgan fingerprint density at radius 2 is 2.08 bits per heavy atom. The molecule has 1 aromatic rings. The van der Waals surface area contributed by atoms with Crippen LogP contribution in [-0.2, 0) is 9.53 Å². The van der Waals surface area contributed by atoms with Crippen LogP contribution in [0.3, 0.4) is 0 Å². The predicted molar refractivity (Wildman–Crippen MR) is 84.9 cm³/mol. The lowest BCUT2D eigenvalue weighted by Crippen LogP contribution is -2.76. The highest BCUT2D eigenvalue weighted by atomic mass is 16.5. The van der Waals surface area contributed by atoms with E-state index in [0.29, 0.717) is 24.1 Å². The summed E-state index contributed by atoms with van der Waals surface area (Å²) >= 11 is 0. The molecule has 7 nitrogen and oxygen atoms in total. The zero-order valence-electron chi connectivity index (χ0n) is 14.5. The second-order valence-electron chi connectivity index (χ2n) is 7.28. The number of nitrogens with one attached hydrogen (secondary N) is 1. The number of carbonyl (C=O) groups is 2. The lowest BCUT2D eigenvalue weighted by atomic mass is 9.54. The van der Waals surface area contributed by atoms with Gasteiger partial charge >= 0.3 is 5.97 Å². The summed E-state index contributed by atoms with van der Waals surface area (Å²) in [5, 5.41) is 12.4. The van der Waals surface area contributed by atoms with Crippen LogP contribution in [0.4, 0.5) is 0 Å². The third-order valence-corrected chi connectivity index (χ3v) is 5.40. The molecule has 0 unspecified atom stereocenters. The highest BCUT2D eigenvalue weighted by Gasteiger charge is 2.66. The molecule has 0 saturated heterocycles. The number of ether oxygens (including phenoxy) is 1. The molecule has 7 heteroatoms. The Labute approximate surface area is 140 Å². The Balaban J connectivity index is 1.82. The molecule has 132 valence electrons. The van der Waals surface area contributed by atoms with Crippen molar-refractivity contribution in [1.82, 2.24) is 10.3 Å². The van der Waals surface area contributed by atoms with E-state index in [2.05, 4.69) is 10.3 Å². The van der Waals surface area contributed by atoms with Crippen molar-refractivity contribution in [1.29, 1.82) is 0 Å². The summed E-state index contributed by atoms with van der Waals surface area (Å²) in [6.45, 7) is 7.67. The van der Waals surface area contributed by atoms with Crippen LogP contribution in [0, 0.1) is 12.3 Å². The first-order valence-electron chi connectivity index (χ1n) is 8.37. The minimum absolute atomic E-state index is 0.105. The molecule has 2 aliphatic rings. The molecule has 0 bridgehead atoms. The van der Waals surface area contributed by atoms with E-state index in [-0.39, 0.29) is 18.3 Å². The summed E-state index contributed by atoms with van der Waals surface area (Å²) in [7, 11) is 0. The number of carboxylic acids is 1. The van der Waals surface area contributed by atoms with Crippen molar-refractivity contribution >= 4 is 11.9 Å². The number of aryl methyl sites for hydroxylation is 1. The van der Waals surface area contributed by atoms with E-state index in [1.54, 1.807) is 20.8 Å². The standard InChI is InChI=1S/C17H24N2O5/c1-5-23-11-8-17(15(21)22,16(11,3)4)19-13(20)12-9(2)18-14(24-12)10-6-7-10/h10-11H,5-8H2,1-4H3,(H,19,20)(H,21,22)/t11-,17-/m0/s1. The zero-order valence-corrected chi connectivity index (χ0v) is 14.5. The van der Waals surface area contributed by atoms with Crippen LogP contribution >= 0.6 is 0 Å². The second-order valence-corrected chi connectivity index (χ2v) is 7.28. The maximum absolute atomic E-state index is 12.6. The number of hydrogen-bond acceptors (Lipinski definition) is 5. The smallest absolute Gasteiger partial charge is 0.330 e. The lowest BCUT2D eigenvalue weighted by Gasteiger charge is -2.58. The van der Waals surface area contributed by atoms with Gasteiger partial charge in [-0.2, -0.15) is 0 Å². The molecule has 3 rings (SSSR count). The molecule has 1 heterocycles. The number of aliphatic carboxylic acids is 1. The Bertz CT molecular complexity index is 677. The van der Waals surface area contributed by atoms with Crippen molar-refractivity contribution in [3.05, 3.63) is 17.3 Å². The Morgan fingerprint density at radius 1 is 1.42 bits per heavy atom. The van der Waals surface area contributed by atoms with Crippen LogP contribution in [-0.4, -0.2) is 40.2 Å². The van der Waals surface area contributed by atoms with Crippen LogP contribution in [0.25, 0.3) is 0 Å². The quantitative estimate of drug-likeness (QED) is 0.826. The van der Waals surface area contributed by atoms with Gasteiger partial charge in [0.1, 0.15) is 5.54 Å². The first-order chi connectivity index (χ1) is 11.2. The fraction of sp³-hybridized carbons (Fsp3) is 0.706. The van der Waals surface area contributed by atoms with Crippen molar-refractivity contribution in [2.24, 2.45) is 5.41 Å². The van der Waals surface area contributed by atoms with Crippen molar-refractivity contribution in [3.63, 3.8) is 0 Å². The highest BCUT2D eigenvalue weighted by Crippen LogP contribution is 2.51. The van der Waals surface area contributed by atoms with Crippen LogP contribution < -0.4 is 5.32 Å². The molecule has 2 aliphatic carbocycles. The van der Waals surface area contributed by atoms with Gasteiger partial charge in [-0.15, -0.1) is 0 Å². The summed E-state index contributed by atoms with van der Waals surface area (Å²) < 4.78 is 11.2. The van der Waals surface area contributed by atoms with Gasteiger partial charge in [-0.05, 0) is 26.7 Å². The van der Waals surface area contributed by atoms with Gasteiger partial charge in [-0.3, -0.25) is 4.79 Å². The van der Waals surface area contributed by atoms with E-state index in [4.69, 9.17) is 9.15 Å². The van der Waals surface area contributed by atoms with Gasteiger partial charge in [0.15, 0.2) is 5.89 Å². The van der Waals surface area contributed by atoms with E-state index >= 15 is 0 Å². The normalized spacial score (nSPS) is 28.2. The fourth-order valence-electron chi connectivity index (χ4n) is 3.42. The van der Waals surface area contributed by atoms with E-state index in [0.717, 1.165) is 12.8 Å². The van der Waals surface area contributed by atoms with Gasteiger partial charge in [0, 0.05) is 24.4 Å². The first-order valence-corrected chi connectivity index (χ1v) is 8.37. The SMILES string of the molecule is CCO[C@H]1C[C@](NC(=O)c2oc(C3CC3)nc2C)(C(=O)O)C1(C)C. The molecule has 2 saturated carbocycles. The Hall–Kier alpha value is -1.89. The molecular formula is C17H24N2O5. The molecule has 2 fully saturated rings. The largest absolute Gasteiger partial charge is 0.479 e.